The molecule has 3 heterocycles. The molecule has 0 bridgehead atoms. The summed E-state index contributed by atoms with van der Waals surface area (Å²) in [5.41, 5.74) is 2.66. The lowest BCUT2D eigenvalue weighted by molar-refractivity contribution is 0.0950. The van der Waals surface area contributed by atoms with Gasteiger partial charge in [-0.15, -0.1) is 22.7 Å². The maximum absolute atomic E-state index is 12.3. The predicted octanol–water partition coefficient (Wildman–Crippen LogP) is 2.87. The summed E-state index contributed by atoms with van der Waals surface area (Å²) in [7, 11) is 0. The number of thiazole rings is 2. The molecular formula is C16H15N5OS2. The van der Waals surface area contributed by atoms with E-state index in [-0.39, 0.29) is 5.91 Å². The van der Waals surface area contributed by atoms with E-state index in [1.54, 1.807) is 18.6 Å². The fraction of sp³-hybridized carbons (Fsp3) is 0.312. The first-order chi connectivity index (χ1) is 11.8. The topological polar surface area (TPSA) is 80.7 Å². The standard InChI is InChI=1S/C16H15N5OS2/c22-14(16-21-11-3-1-2-4-13(11)24-16)19-7-10-9-23-15(20-10)12-8-17-5-6-18-12/h5-6,8-9H,1-4,7H2,(H,19,22). The van der Waals surface area contributed by atoms with Crippen LogP contribution >= 0.6 is 22.7 Å². The van der Waals surface area contributed by atoms with Gasteiger partial charge in [-0.25, -0.2) is 9.97 Å². The minimum atomic E-state index is -0.122. The summed E-state index contributed by atoms with van der Waals surface area (Å²) in [6.07, 6.45) is 9.36. The summed E-state index contributed by atoms with van der Waals surface area (Å²) >= 11 is 3.02. The van der Waals surface area contributed by atoms with Gasteiger partial charge in [-0.05, 0) is 25.7 Å². The number of hydrogen-bond acceptors (Lipinski definition) is 7. The number of carbonyl (C=O) groups excluding carboxylic acids is 1. The van der Waals surface area contributed by atoms with E-state index in [2.05, 4.69) is 25.3 Å². The average Bonchev–Trinajstić information content (AvgIpc) is 3.27. The Bertz CT molecular complexity index is 835. The number of rotatable bonds is 4. The van der Waals surface area contributed by atoms with Gasteiger partial charge in [0.05, 0.1) is 24.1 Å². The number of aromatic nitrogens is 4. The van der Waals surface area contributed by atoms with E-state index in [0.717, 1.165) is 34.9 Å². The molecule has 0 saturated carbocycles. The van der Waals surface area contributed by atoms with Crippen molar-refractivity contribution in [1.29, 1.82) is 0 Å². The maximum Gasteiger partial charge on any atom is 0.280 e. The summed E-state index contributed by atoms with van der Waals surface area (Å²) in [5.74, 6) is -0.122. The lowest BCUT2D eigenvalue weighted by Gasteiger charge is -2.06. The van der Waals surface area contributed by atoms with Crippen LogP contribution in [0, 0.1) is 0 Å². The van der Waals surface area contributed by atoms with Crippen LogP contribution in [0.1, 0.15) is 38.9 Å². The van der Waals surface area contributed by atoms with E-state index < -0.39 is 0 Å². The van der Waals surface area contributed by atoms with Crippen molar-refractivity contribution < 1.29 is 4.79 Å². The smallest absolute Gasteiger partial charge is 0.280 e. The van der Waals surface area contributed by atoms with Crippen molar-refractivity contribution in [3.63, 3.8) is 0 Å². The largest absolute Gasteiger partial charge is 0.344 e. The normalized spacial score (nSPS) is 13.5. The highest BCUT2D eigenvalue weighted by atomic mass is 32.1. The highest BCUT2D eigenvalue weighted by Crippen LogP contribution is 2.26. The SMILES string of the molecule is O=C(NCc1csc(-c2cnccn2)n1)c1nc2c(s1)CCCC2. The van der Waals surface area contributed by atoms with E-state index in [9.17, 15) is 4.79 Å². The molecule has 0 aliphatic heterocycles. The van der Waals surface area contributed by atoms with E-state index in [0.29, 0.717) is 11.6 Å². The quantitative estimate of drug-likeness (QED) is 0.776. The first-order valence-electron chi connectivity index (χ1n) is 7.77. The number of fused-ring (bicyclic) bond motifs is 1. The molecule has 0 radical (unpaired) electrons. The van der Waals surface area contributed by atoms with Gasteiger partial charge in [0, 0.05) is 22.7 Å². The minimum absolute atomic E-state index is 0.122. The number of hydrogen-bond donors (Lipinski definition) is 1. The monoisotopic (exact) mass is 357 g/mol. The zero-order valence-corrected chi connectivity index (χ0v) is 14.5. The molecule has 1 N–H and O–H groups in total. The molecule has 1 aliphatic rings. The second-order valence-electron chi connectivity index (χ2n) is 5.51. The van der Waals surface area contributed by atoms with Crippen molar-refractivity contribution in [2.45, 2.75) is 32.2 Å². The summed E-state index contributed by atoms with van der Waals surface area (Å²) in [6, 6.07) is 0. The van der Waals surface area contributed by atoms with Gasteiger partial charge < -0.3 is 5.32 Å². The van der Waals surface area contributed by atoms with E-state index in [1.165, 1.54) is 40.4 Å². The van der Waals surface area contributed by atoms with Gasteiger partial charge in [0.15, 0.2) is 5.01 Å². The lowest BCUT2D eigenvalue weighted by atomic mass is 10.0. The van der Waals surface area contributed by atoms with Crippen molar-refractivity contribution in [2.75, 3.05) is 0 Å². The fourth-order valence-corrected chi connectivity index (χ4v) is 4.46. The third-order valence-corrected chi connectivity index (χ3v) is 5.87. The van der Waals surface area contributed by atoms with E-state index >= 15 is 0 Å². The molecule has 3 aromatic rings. The molecule has 3 aromatic heterocycles. The van der Waals surface area contributed by atoms with Crippen LogP contribution in [0.4, 0.5) is 0 Å². The Hall–Kier alpha value is -2.19. The number of nitrogens with one attached hydrogen (secondary N) is 1. The highest BCUT2D eigenvalue weighted by Gasteiger charge is 2.19. The molecule has 0 atom stereocenters. The van der Waals surface area contributed by atoms with Crippen molar-refractivity contribution in [3.8, 4) is 10.7 Å². The van der Waals surface area contributed by atoms with Crippen molar-refractivity contribution in [2.24, 2.45) is 0 Å². The molecule has 4 rings (SSSR count). The lowest BCUT2D eigenvalue weighted by Crippen LogP contribution is -2.22. The number of carbonyl (C=O) groups is 1. The summed E-state index contributed by atoms with van der Waals surface area (Å²) in [4.78, 5) is 30.8. The van der Waals surface area contributed by atoms with Gasteiger partial charge >= 0.3 is 0 Å². The zero-order chi connectivity index (χ0) is 16.4. The van der Waals surface area contributed by atoms with Crippen LogP contribution in [-0.2, 0) is 19.4 Å². The molecule has 0 aromatic carbocycles. The predicted molar refractivity (Wildman–Crippen MR) is 93.1 cm³/mol. The van der Waals surface area contributed by atoms with Crippen molar-refractivity contribution >= 4 is 28.6 Å². The molecule has 0 saturated heterocycles. The summed E-state index contributed by atoms with van der Waals surface area (Å²) < 4.78 is 0. The van der Waals surface area contributed by atoms with Crippen LogP contribution in [-0.4, -0.2) is 25.8 Å². The molecule has 122 valence electrons. The van der Waals surface area contributed by atoms with Crippen molar-refractivity contribution in [1.82, 2.24) is 25.3 Å². The summed E-state index contributed by atoms with van der Waals surface area (Å²) in [6.45, 7) is 0.389. The van der Waals surface area contributed by atoms with Gasteiger partial charge in [-0.2, -0.15) is 0 Å². The maximum atomic E-state index is 12.3. The molecule has 24 heavy (non-hydrogen) atoms. The number of aryl methyl sites for hydroxylation is 2. The second-order valence-corrected chi connectivity index (χ2v) is 7.46. The third-order valence-electron chi connectivity index (χ3n) is 3.80. The van der Waals surface area contributed by atoms with Gasteiger partial charge in [0.25, 0.3) is 5.91 Å². The minimum Gasteiger partial charge on any atom is -0.344 e. The Kier molecular flexibility index (Phi) is 4.31. The first kappa shape index (κ1) is 15.3. The molecule has 0 fully saturated rings. The van der Waals surface area contributed by atoms with Crippen LogP contribution in [0.25, 0.3) is 10.7 Å². The van der Waals surface area contributed by atoms with E-state index in [4.69, 9.17) is 0 Å². The van der Waals surface area contributed by atoms with Gasteiger partial charge in [-0.1, -0.05) is 0 Å². The van der Waals surface area contributed by atoms with Crippen LogP contribution in [0.15, 0.2) is 24.0 Å². The Balaban J connectivity index is 1.41. The number of nitrogens with zero attached hydrogens (tertiary/aromatic N) is 4. The summed E-state index contributed by atoms with van der Waals surface area (Å²) in [5, 5.41) is 6.20. The van der Waals surface area contributed by atoms with Gasteiger partial charge in [0.2, 0.25) is 0 Å². The van der Waals surface area contributed by atoms with E-state index in [1.807, 2.05) is 5.38 Å². The molecule has 0 unspecified atom stereocenters. The second kappa shape index (κ2) is 6.74. The molecule has 1 aliphatic carbocycles. The van der Waals surface area contributed by atoms with Crippen LogP contribution in [0.2, 0.25) is 0 Å². The zero-order valence-electron chi connectivity index (χ0n) is 12.9. The molecule has 0 spiro atoms. The van der Waals surface area contributed by atoms with Crippen LogP contribution in [0.3, 0.4) is 0 Å². The van der Waals surface area contributed by atoms with Gasteiger partial charge in [0.1, 0.15) is 10.7 Å². The molecule has 6 nitrogen and oxygen atoms in total. The third kappa shape index (κ3) is 3.20. The first-order valence-corrected chi connectivity index (χ1v) is 9.47. The van der Waals surface area contributed by atoms with Crippen LogP contribution in [0.5, 0.6) is 0 Å². The molecule has 1 amide bonds. The Morgan fingerprint density at radius 2 is 2.12 bits per heavy atom. The highest BCUT2D eigenvalue weighted by molar-refractivity contribution is 7.13. The average molecular weight is 357 g/mol. The molecular weight excluding hydrogens is 342 g/mol. The Morgan fingerprint density at radius 3 is 2.96 bits per heavy atom. The van der Waals surface area contributed by atoms with Gasteiger partial charge in [-0.3, -0.25) is 14.8 Å². The molecule has 8 heteroatoms. The van der Waals surface area contributed by atoms with Crippen molar-refractivity contribution in [3.05, 3.63) is 45.2 Å². The Morgan fingerprint density at radius 1 is 1.21 bits per heavy atom. The Labute approximate surface area is 147 Å². The number of amides is 1. The fourth-order valence-electron chi connectivity index (χ4n) is 2.61. The van der Waals surface area contributed by atoms with Crippen LogP contribution < -0.4 is 5.32 Å².